The van der Waals surface area contributed by atoms with Crippen molar-refractivity contribution in [2.75, 3.05) is 18.6 Å². The Bertz CT molecular complexity index is 1290. The summed E-state index contributed by atoms with van der Waals surface area (Å²) in [5.41, 5.74) is 4.36. The summed E-state index contributed by atoms with van der Waals surface area (Å²) < 4.78 is 7.31. The molecule has 0 radical (unpaired) electrons. The maximum Gasteiger partial charge on any atom is 0.414 e. The summed E-state index contributed by atoms with van der Waals surface area (Å²) in [6.07, 6.45) is 5.25. The van der Waals surface area contributed by atoms with Crippen molar-refractivity contribution in [1.82, 2.24) is 9.55 Å². The second-order valence-corrected chi connectivity index (χ2v) is 10.4. The lowest BCUT2D eigenvalue weighted by Crippen LogP contribution is -2.42. The van der Waals surface area contributed by atoms with Gasteiger partial charge in [-0.1, -0.05) is 36.8 Å². The molecule has 1 fully saturated rings. The Labute approximate surface area is 216 Å². The van der Waals surface area contributed by atoms with Gasteiger partial charge >= 0.3 is 12.1 Å². The average Bonchev–Trinajstić information content (AvgIpc) is 3.30. The lowest BCUT2D eigenvalue weighted by Gasteiger charge is -2.34. The van der Waals surface area contributed by atoms with E-state index in [9.17, 15) is 19.8 Å². The van der Waals surface area contributed by atoms with E-state index in [0.29, 0.717) is 0 Å². The van der Waals surface area contributed by atoms with Crippen LogP contribution in [-0.4, -0.2) is 51.6 Å². The Morgan fingerprint density at radius 1 is 1.14 bits per heavy atom. The van der Waals surface area contributed by atoms with Gasteiger partial charge in [-0.15, -0.1) is 0 Å². The Kier molecular flexibility index (Phi) is 7.20. The smallest absolute Gasteiger partial charge is 0.414 e. The van der Waals surface area contributed by atoms with Crippen molar-refractivity contribution in [3.63, 3.8) is 0 Å². The second-order valence-electron chi connectivity index (χ2n) is 10.4. The fraction of sp³-hybridized carbons (Fsp3) is 0.483. The number of carbonyl (C=O) groups excluding carboxylic acids is 1. The third kappa shape index (κ3) is 4.70. The van der Waals surface area contributed by atoms with E-state index in [2.05, 4.69) is 4.57 Å². The SMILES string of the molecule is COC(=O)N1c2ccc3c(nc(C[C@H](C(=O)O)c4ccccc4)n3[C@@H]3CCC[C@H](CO)C3)c2CC[C@H]1C. The number of carboxylic acids is 1. The molecule has 5 rings (SSSR count). The largest absolute Gasteiger partial charge is 0.481 e. The van der Waals surface area contributed by atoms with Gasteiger partial charge in [0.05, 0.1) is 29.7 Å². The quantitative estimate of drug-likeness (QED) is 0.484. The molecule has 0 saturated heterocycles. The molecule has 2 aliphatic rings. The summed E-state index contributed by atoms with van der Waals surface area (Å²) in [7, 11) is 1.39. The molecule has 37 heavy (non-hydrogen) atoms. The number of benzene rings is 2. The predicted molar refractivity (Wildman–Crippen MR) is 141 cm³/mol. The molecule has 8 heteroatoms. The zero-order valence-corrected chi connectivity index (χ0v) is 21.5. The number of aromatic nitrogens is 2. The number of aliphatic hydroxyl groups is 1. The number of rotatable bonds is 6. The van der Waals surface area contributed by atoms with Crippen molar-refractivity contribution in [2.45, 2.75) is 69.9 Å². The van der Waals surface area contributed by atoms with Gasteiger partial charge in [0.2, 0.25) is 0 Å². The molecule has 2 N–H and O–H groups in total. The number of aryl methyl sites for hydroxylation is 1. The molecule has 8 nitrogen and oxygen atoms in total. The molecular weight excluding hydrogens is 470 g/mol. The fourth-order valence-corrected chi connectivity index (χ4v) is 6.25. The number of fused-ring (bicyclic) bond motifs is 3. The molecule has 0 unspecified atom stereocenters. The molecular formula is C29H35N3O5. The van der Waals surface area contributed by atoms with Crippen molar-refractivity contribution >= 4 is 28.8 Å². The molecule has 0 bridgehead atoms. The van der Waals surface area contributed by atoms with E-state index in [1.807, 2.05) is 49.4 Å². The van der Waals surface area contributed by atoms with Crippen LogP contribution in [0.3, 0.4) is 0 Å². The van der Waals surface area contributed by atoms with Crippen molar-refractivity contribution in [1.29, 1.82) is 0 Å². The molecule has 1 amide bonds. The predicted octanol–water partition coefficient (Wildman–Crippen LogP) is 5.08. The standard InChI is InChI=1S/C29H35N3O5/c1-18-11-12-22-24(31(18)29(36)37-2)13-14-25-27(22)30-26(32(25)21-10-6-7-19(15-21)17-33)16-23(28(34)35)20-8-4-3-5-9-20/h3-5,8-9,13-14,18-19,21,23,33H,6-7,10-12,15-17H2,1-2H3,(H,34,35)/t18-,19+,21-,23+/m1/s1. The fourth-order valence-electron chi connectivity index (χ4n) is 6.25. The van der Waals surface area contributed by atoms with Crippen molar-refractivity contribution in [3.8, 4) is 0 Å². The monoisotopic (exact) mass is 505 g/mol. The number of carbonyl (C=O) groups is 2. The van der Waals surface area contributed by atoms with Gasteiger partial charge in [-0.2, -0.15) is 0 Å². The molecule has 4 atom stereocenters. The van der Waals surface area contributed by atoms with Crippen LogP contribution in [0, 0.1) is 5.92 Å². The van der Waals surface area contributed by atoms with Gasteiger partial charge < -0.3 is 19.5 Å². The minimum absolute atomic E-state index is 0.0112. The number of hydrogen-bond acceptors (Lipinski definition) is 5. The van der Waals surface area contributed by atoms with E-state index in [4.69, 9.17) is 9.72 Å². The van der Waals surface area contributed by atoms with Crippen LogP contribution in [-0.2, 0) is 22.4 Å². The molecule has 2 aromatic carbocycles. The summed E-state index contributed by atoms with van der Waals surface area (Å²) in [4.78, 5) is 31.8. The zero-order chi connectivity index (χ0) is 26.1. The Morgan fingerprint density at radius 2 is 1.92 bits per heavy atom. The first-order valence-corrected chi connectivity index (χ1v) is 13.2. The highest BCUT2D eigenvalue weighted by Crippen LogP contribution is 2.41. The number of imidazole rings is 1. The van der Waals surface area contributed by atoms with Crippen LogP contribution >= 0.6 is 0 Å². The highest BCUT2D eigenvalue weighted by atomic mass is 16.5. The summed E-state index contributed by atoms with van der Waals surface area (Å²) in [6, 6.07) is 13.4. The van der Waals surface area contributed by atoms with Gasteiger partial charge in [0, 0.05) is 30.7 Å². The van der Waals surface area contributed by atoms with E-state index in [1.165, 1.54) is 7.11 Å². The van der Waals surface area contributed by atoms with Crippen molar-refractivity contribution < 1.29 is 24.5 Å². The highest BCUT2D eigenvalue weighted by Gasteiger charge is 2.34. The van der Waals surface area contributed by atoms with E-state index >= 15 is 0 Å². The number of aliphatic hydroxyl groups excluding tert-OH is 1. The third-order valence-corrected chi connectivity index (χ3v) is 8.16. The third-order valence-electron chi connectivity index (χ3n) is 8.16. The molecule has 1 aliphatic carbocycles. The molecule has 1 aliphatic heterocycles. The molecule has 1 saturated carbocycles. The van der Waals surface area contributed by atoms with Crippen LogP contribution in [0.15, 0.2) is 42.5 Å². The van der Waals surface area contributed by atoms with E-state index in [-0.39, 0.29) is 37.1 Å². The van der Waals surface area contributed by atoms with Crippen LogP contribution in [0.2, 0.25) is 0 Å². The first-order valence-electron chi connectivity index (χ1n) is 13.2. The molecule has 2 heterocycles. The van der Waals surface area contributed by atoms with Crippen LogP contribution in [0.25, 0.3) is 11.0 Å². The number of ether oxygens (including phenoxy) is 1. The van der Waals surface area contributed by atoms with Crippen LogP contribution in [0.4, 0.5) is 10.5 Å². The summed E-state index contributed by atoms with van der Waals surface area (Å²) in [5, 5.41) is 20.1. The van der Waals surface area contributed by atoms with E-state index in [0.717, 1.165) is 72.2 Å². The van der Waals surface area contributed by atoms with Crippen LogP contribution in [0.5, 0.6) is 0 Å². The maximum atomic E-state index is 12.6. The normalized spacial score (nSPS) is 22.5. The molecule has 196 valence electrons. The highest BCUT2D eigenvalue weighted by molar-refractivity contribution is 5.95. The van der Waals surface area contributed by atoms with Gasteiger partial charge in [0.1, 0.15) is 5.82 Å². The Morgan fingerprint density at radius 3 is 2.62 bits per heavy atom. The zero-order valence-electron chi connectivity index (χ0n) is 21.5. The second kappa shape index (κ2) is 10.5. The van der Waals surface area contributed by atoms with Crippen molar-refractivity contribution in [2.24, 2.45) is 5.92 Å². The van der Waals surface area contributed by atoms with Crippen LogP contribution < -0.4 is 4.90 Å². The Hall–Kier alpha value is -3.39. The number of hydrogen-bond donors (Lipinski definition) is 2. The van der Waals surface area contributed by atoms with Crippen LogP contribution in [0.1, 0.15) is 67.9 Å². The number of methoxy groups -OCH3 is 1. The summed E-state index contributed by atoms with van der Waals surface area (Å²) in [6.45, 7) is 2.17. The number of amides is 1. The first-order chi connectivity index (χ1) is 17.9. The topological polar surface area (TPSA) is 105 Å². The van der Waals surface area contributed by atoms with E-state index < -0.39 is 11.9 Å². The number of anilines is 1. The Balaban J connectivity index is 1.66. The first kappa shape index (κ1) is 25.3. The molecule has 3 aromatic rings. The molecule has 0 spiro atoms. The van der Waals surface area contributed by atoms with Gasteiger partial charge in [0.25, 0.3) is 0 Å². The average molecular weight is 506 g/mol. The number of nitrogens with zero attached hydrogens (tertiary/aromatic N) is 3. The van der Waals surface area contributed by atoms with Gasteiger partial charge in [-0.25, -0.2) is 9.78 Å². The number of aliphatic carboxylic acids is 1. The maximum absolute atomic E-state index is 12.6. The van der Waals surface area contributed by atoms with Gasteiger partial charge in [-0.05, 0) is 62.6 Å². The van der Waals surface area contributed by atoms with Crippen molar-refractivity contribution in [3.05, 3.63) is 59.4 Å². The van der Waals surface area contributed by atoms with E-state index in [1.54, 1.807) is 4.90 Å². The minimum Gasteiger partial charge on any atom is -0.481 e. The summed E-state index contributed by atoms with van der Waals surface area (Å²) in [5.74, 6) is -0.640. The van der Waals surface area contributed by atoms with Gasteiger partial charge in [-0.3, -0.25) is 9.69 Å². The van der Waals surface area contributed by atoms with Gasteiger partial charge in [0.15, 0.2) is 0 Å². The number of carboxylic acid groups (broad SMARTS) is 1. The lowest BCUT2D eigenvalue weighted by atomic mass is 9.85. The lowest BCUT2D eigenvalue weighted by molar-refractivity contribution is -0.138. The summed E-state index contributed by atoms with van der Waals surface area (Å²) >= 11 is 0. The minimum atomic E-state index is -0.880. The molecule has 1 aromatic heterocycles.